The molecule has 4 rings (SSSR count). The molecular formula is C26H35N3O3S. The van der Waals surface area contributed by atoms with Crippen molar-refractivity contribution >= 4 is 23.2 Å². The third kappa shape index (κ3) is 4.99. The Labute approximate surface area is 200 Å². The Morgan fingerprint density at radius 1 is 1.24 bits per heavy atom. The van der Waals surface area contributed by atoms with E-state index in [4.69, 9.17) is 0 Å². The van der Waals surface area contributed by atoms with Crippen LogP contribution in [0.1, 0.15) is 61.7 Å². The molecule has 1 unspecified atom stereocenters. The maximum Gasteiger partial charge on any atom is 0.251 e. The van der Waals surface area contributed by atoms with Crippen LogP contribution >= 0.6 is 11.3 Å². The molecule has 2 heterocycles. The number of rotatable bonds is 6. The smallest absolute Gasteiger partial charge is 0.251 e. The van der Waals surface area contributed by atoms with Gasteiger partial charge in [-0.1, -0.05) is 26.8 Å². The second-order valence-electron chi connectivity index (χ2n) is 10.2. The molecule has 0 aromatic carbocycles. The number of aliphatic hydroxyl groups excluding tert-OH is 1. The standard InChI is InChI=1S/C26H35N3O3S/c1-16(24(31)28-15-19-5-4-14-33-19)20-6-10-26(3)11-7-21(17(2)22(26)23(20)30)29-25(32)18-8-12-27-13-9-18/h4-5,8-9,12-14,16-17,20-23,30H,6-7,10-11,15H2,1-3H3,(H,28,31)(H,29,32)/t16-,17+,20?,21-,22+,23-,26-/m0/s1. The zero-order chi connectivity index (χ0) is 23.6. The van der Waals surface area contributed by atoms with E-state index in [2.05, 4.69) is 29.5 Å². The van der Waals surface area contributed by atoms with E-state index in [-0.39, 0.29) is 46.9 Å². The van der Waals surface area contributed by atoms with Crippen molar-refractivity contribution in [1.29, 1.82) is 0 Å². The fourth-order valence-electron chi connectivity index (χ4n) is 6.20. The van der Waals surface area contributed by atoms with Gasteiger partial charge in [-0.05, 0) is 72.4 Å². The average molecular weight is 470 g/mol. The fourth-order valence-corrected chi connectivity index (χ4v) is 6.84. The molecule has 2 aromatic rings. The first-order valence-corrected chi connectivity index (χ1v) is 12.9. The first-order chi connectivity index (χ1) is 15.8. The van der Waals surface area contributed by atoms with Crippen LogP contribution in [-0.2, 0) is 11.3 Å². The molecule has 178 valence electrons. The minimum Gasteiger partial charge on any atom is -0.392 e. The lowest BCUT2D eigenvalue weighted by molar-refractivity contribution is -0.142. The van der Waals surface area contributed by atoms with Gasteiger partial charge in [0.15, 0.2) is 0 Å². The molecule has 0 radical (unpaired) electrons. The molecule has 2 saturated carbocycles. The van der Waals surface area contributed by atoms with E-state index < -0.39 is 6.10 Å². The van der Waals surface area contributed by atoms with Gasteiger partial charge in [0.25, 0.3) is 5.91 Å². The number of thiophene rings is 1. The number of carbonyl (C=O) groups is 2. The third-order valence-electron chi connectivity index (χ3n) is 8.22. The summed E-state index contributed by atoms with van der Waals surface area (Å²) >= 11 is 1.63. The molecule has 33 heavy (non-hydrogen) atoms. The lowest BCUT2D eigenvalue weighted by atomic mass is 9.51. The van der Waals surface area contributed by atoms with Crippen molar-refractivity contribution < 1.29 is 14.7 Å². The van der Waals surface area contributed by atoms with Gasteiger partial charge in [0.1, 0.15) is 0 Å². The van der Waals surface area contributed by atoms with Crippen molar-refractivity contribution in [2.24, 2.45) is 29.1 Å². The average Bonchev–Trinajstić information content (AvgIpc) is 3.33. The molecule has 0 spiro atoms. The van der Waals surface area contributed by atoms with E-state index in [1.165, 1.54) is 0 Å². The number of hydrogen-bond donors (Lipinski definition) is 3. The summed E-state index contributed by atoms with van der Waals surface area (Å²) in [4.78, 5) is 30.8. The van der Waals surface area contributed by atoms with Crippen molar-refractivity contribution in [3.05, 3.63) is 52.5 Å². The van der Waals surface area contributed by atoms with Gasteiger partial charge in [-0.15, -0.1) is 11.3 Å². The normalized spacial score (nSPS) is 32.4. The van der Waals surface area contributed by atoms with Gasteiger partial charge in [0.05, 0.1) is 12.6 Å². The zero-order valence-electron chi connectivity index (χ0n) is 19.7. The quantitative estimate of drug-likeness (QED) is 0.596. The Balaban J connectivity index is 1.43. The fraction of sp³-hybridized carbons (Fsp3) is 0.577. The Hall–Kier alpha value is -2.25. The molecule has 0 saturated heterocycles. The van der Waals surface area contributed by atoms with Gasteiger partial charge in [-0.3, -0.25) is 14.6 Å². The maximum absolute atomic E-state index is 12.9. The lowest BCUT2D eigenvalue weighted by Crippen LogP contribution is -2.58. The molecule has 2 fully saturated rings. The number of amides is 2. The summed E-state index contributed by atoms with van der Waals surface area (Å²) in [5.41, 5.74) is 0.629. The highest BCUT2D eigenvalue weighted by molar-refractivity contribution is 7.09. The Bertz CT molecular complexity index is 951. The van der Waals surface area contributed by atoms with Crippen LogP contribution in [0.4, 0.5) is 0 Å². The molecule has 6 nitrogen and oxygen atoms in total. The molecule has 2 aliphatic carbocycles. The Kier molecular flexibility index (Phi) is 7.19. The van der Waals surface area contributed by atoms with E-state index in [1.54, 1.807) is 35.9 Å². The first kappa shape index (κ1) is 23.9. The highest BCUT2D eigenvalue weighted by Crippen LogP contribution is 2.55. The highest BCUT2D eigenvalue weighted by Gasteiger charge is 2.53. The van der Waals surface area contributed by atoms with E-state index >= 15 is 0 Å². The van der Waals surface area contributed by atoms with Crippen LogP contribution in [0.3, 0.4) is 0 Å². The number of nitrogens with zero attached hydrogens (tertiary/aromatic N) is 1. The summed E-state index contributed by atoms with van der Waals surface area (Å²) in [6.45, 7) is 6.89. The first-order valence-electron chi connectivity index (χ1n) is 12.0. The molecule has 2 aliphatic rings. The predicted octanol–water partition coefficient (Wildman–Crippen LogP) is 4.02. The lowest BCUT2D eigenvalue weighted by Gasteiger charge is -2.56. The predicted molar refractivity (Wildman–Crippen MR) is 130 cm³/mol. The van der Waals surface area contributed by atoms with Gasteiger partial charge in [0, 0.05) is 34.8 Å². The number of pyridine rings is 1. The van der Waals surface area contributed by atoms with E-state index in [0.717, 1.165) is 30.6 Å². The summed E-state index contributed by atoms with van der Waals surface area (Å²) in [5, 5.41) is 19.8. The molecule has 7 heteroatoms. The number of aromatic nitrogens is 1. The molecule has 2 amide bonds. The zero-order valence-corrected chi connectivity index (χ0v) is 20.5. The minimum absolute atomic E-state index is 0.0000940. The second-order valence-corrected chi connectivity index (χ2v) is 11.2. The Morgan fingerprint density at radius 3 is 2.67 bits per heavy atom. The molecule has 3 N–H and O–H groups in total. The van der Waals surface area contributed by atoms with E-state index in [0.29, 0.717) is 12.1 Å². The van der Waals surface area contributed by atoms with Crippen molar-refractivity contribution in [2.75, 3.05) is 0 Å². The summed E-state index contributed by atoms with van der Waals surface area (Å²) in [6.07, 6.45) is 6.39. The second kappa shape index (κ2) is 9.94. The molecule has 0 aliphatic heterocycles. The van der Waals surface area contributed by atoms with Gasteiger partial charge in [0.2, 0.25) is 5.91 Å². The van der Waals surface area contributed by atoms with Crippen molar-refractivity contribution in [3.8, 4) is 0 Å². The largest absolute Gasteiger partial charge is 0.392 e. The number of hydrogen-bond acceptors (Lipinski definition) is 5. The van der Waals surface area contributed by atoms with Crippen LogP contribution in [0, 0.1) is 29.1 Å². The molecule has 7 atom stereocenters. The summed E-state index contributed by atoms with van der Waals surface area (Å²) in [5.74, 6) is -0.274. The third-order valence-corrected chi connectivity index (χ3v) is 9.10. The number of nitrogens with one attached hydrogen (secondary N) is 2. The van der Waals surface area contributed by atoms with Crippen LogP contribution < -0.4 is 10.6 Å². The molecule has 0 bridgehead atoms. The summed E-state index contributed by atoms with van der Waals surface area (Å²) in [6, 6.07) is 7.43. The number of carbonyl (C=O) groups excluding carboxylic acids is 2. The van der Waals surface area contributed by atoms with Gasteiger partial charge in [-0.25, -0.2) is 0 Å². The molecule has 2 aromatic heterocycles. The van der Waals surface area contributed by atoms with Gasteiger partial charge >= 0.3 is 0 Å². The highest BCUT2D eigenvalue weighted by atomic mass is 32.1. The van der Waals surface area contributed by atoms with Crippen LogP contribution in [0.2, 0.25) is 0 Å². The topological polar surface area (TPSA) is 91.3 Å². The monoisotopic (exact) mass is 469 g/mol. The van der Waals surface area contributed by atoms with Crippen LogP contribution in [-0.4, -0.2) is 34.1 Å². The minimum atomic E-state index is -0.568. The van der Waals surface area contributed by atoms with E-state index in [1.807, 2.05) is 24.4 Å². The van der Waals surface area contributed by atoms with Crippen molar-refractivity contribution in [3.63, 3.8) is 0 Å². The van der Waals surface area contributed by atoms with Crippen LogP contribution in [0.15, 0.2) is 42.0 Å². The summed E-state index contributed by atoms with van der Waals surface area (Å²) in [7, 11) is 0. The SMILES string of the molecule is C[C@H]1[C@@H]2[C@@H](O)C([C@H](C)C(=O)NCc3cccs3)CC[C@@]2(C)CC[C@@H]1NC(=O)c1ccncc1. The number of aliphatic hydroxyl groups is 1. The van der Waals surface area contributed by atoms with Gasteiger partial charge < -0.3 is 15.7 Å². The van der Waals surface area contributed by atoms with E-state index in [9.17, 15) is 14.7 Å². The molecular weight excluding hydrogens is 434 g/mol. The Morgan fingerprint density at radius 2 is 1.97 bits per heavy atom. The number of fused-ring (bicyclic) bond motifs is 1. The van der Waals surface area contributed by atoms with Gasteiger partial charge in [-0.2, -0.15) is 0 Å². The van der Waals surface area contributed by atoms with Crippen molar-refractivity contribution in [2.45, 2.75) is 65.1 Å². The maximum atomic E-state index is 12.9. The van der Waals surface area contributed by atoms with Crippen LogP contribution in [0.5, 0.6) is 0 Å². The van der Waals surface area contributed by atoms with Crippen molar-refractivity contribution in [1.82, 2.24) is 15.6 Å². The summed E-state index contributed by atoms with van der Waals surface area (Å²) < 4.78 is 0. The van der Waals surface area contributed by atoms with Crippen LogP contribution in [0.25, 0.3) is 0 Å².